The van der Waals surface area contributed by atoms with E-state index in [0.717, 1.165) is 16.8 Å². The minimum absolute atomic E-state index is 0.0307. The van der Waals surface area contributed by atoms with E-state index in [0.29, 0.717) is 12.8 Å². The average molecular weight is 191 g/mol. The minimum atomic E-state index is -0.420. The van der Waals surface area contributed by atoms with Gasteiger partial charge in [-0.1, -0.05) is 19.1 Å². The number of aliphatic hydroxyl groups is 1. The van der Waals surface area contributed by atoms with Gasteiger partial charge in [0.2, 0.25) is 5.91 Å². The SMILES string of the molecule is CCC(O)c1ccc2c(c1)CC(=O)N2. The number of amides is 1. The van der Waals surface area contributed by atoms with Gasteiger partial charge in [-0.3, -0.25) is 4.79 Å². The van der Waals surface area contributed by atoms with Crippen molar-refractivity contribution >= 4 is 11.6 Å². The molecule has 1 heterocycles. The lowest BCUT2D eigenvalue weighted by Crippen LogP contribution is -2.03. The van der Waals surface area contributed by atoms with E-state index in [9.17, 15) is 9.90 Å². The van der Waals surface area contributed by atoms with Crippen LogP contribution in [-0.2, 0) is 11.2 Å². The van der Waals surface area contributed by atoms with Crippen molar-refractivity contribution in [2.75, 3.05) is 5.32 Å². The van der Waals surface area contributed by atoms with Crippen molar-refractivity contribution in [2.24, 2.45) is 0 Å². The van der Waals surface area contributed by atoms with Gasteiger partial charge in [0.05, 0.1) is 12.5 Å². The maximum Gasteiger partial charge on any atom is 0.228 e. The molecule has 2 rings (SSSR count). The summed E-state index contributed by atoms with van der Waals surface area (Å²) in [7, 11) is 0. The Morgan fingerprint density at radius 3 is 3.07 bits per heavy atom. The predicted octanol–water partition coefficient (Wildman–Crippen LogP) is 1.62. The molecule has 14 heavy (non-hydrogen) atoms. The molecule has 1 aliphatic heterocycles. The van der Waals surface area contributed by atoms with Crippen molar-refractivity contribution < 1.29 is 9.90 Å². The number of rotatable bonds is 2. The molecule has 0 radical (unpaired) electrons. The van der Waals surface area contributed by atoms with E-state index in [1.807, 2.05) is 25.1 Å². The lowest BCUT2D eigenvalue weighted by molar-refractivity contribution is -0.115. The predicted molar refractivity (Wildman–Crippen MR) is 54.0 cm³/mol. The molecule has 0 saturated carbocycles. The highest BCUT2D eigenvalue weighted by atomic mass is 16.3. The van der Waals surface area contributed by atoms with Crippen LogP contribution < -0.4 is 5.32 Å². The molecule has 1 aliphatic rings. The number of carbonyl (C=O) groups excluding carboxylic acids is 1. The third-order valence-corrected chi connectivity index (χ3v) is 2.53. The van der Waals surface area contributed by atoms with Gasteiger partial charge in [0.25, 0.3) is 0 Å². The Morgan fingerprint density at radius 1 is 1.57 bits per heavy atom. The Bertz CT molecular complexity index is 374. The summed E-state index contributed by atoms with van der Waals surface area (Å²) >= 11 is 0. The number of benzene rings is 1. The van der Waals surface area contributed by atoms with Crippen LogP contribution in [0.5, 0.6) is 0 Å². The monoisotopic (exact) mass is 191 g/mol. The van der Waals surface area contributed by atoms with Crippen molar-refractivity contribution in [1.82, 2.24) is 0 Å². The highest BCUT2D eigenvalue weighted by molar-refractivity contribution is 5.99. The van der Waals surface area contributed by atoms with Crippen molar-refractivity contribution in [3.8, 4) is 0 Å². The van der Waals surface area contributed by atoms with Crippen LogP contribution in [0.1, 0.15) is 30.6 Å². The fourth-order valence-electron chi connectivity index (χ4n) is 1.69. The van der Waals surface area contributed by atoms with Gasteiger partial charge in [0, 0.05) is 5.69 Å². The maximum atomic E-state index is 11.1. The number of carbonyl (C=O) groups is 1. The Balaban J connectivity index is 2.32. The number of hydrogen-bond donors (Lipinski definition) is 2. The Kier molecular flexibility index (Phi) is 2.25. The summed E-state index contributed by atoms with van der Waals surface area (Å²) in [5.74, 6) is 0.0307. The molecule has 2 N–H and O–H groups in total. The van der Waals surface area contributed by atoms with Crippen LogP contribution in [-0.4, -0.2) is 11.0 Å². The fraction of sp³-hybridized carbons (Fsp3) is 0.364. The van der Waals surface area contributed by atoms with Crippen molar-refractivity contribution in [2.45, 2.75) is 25.9 Å². The molecule has 0 aliphatic carbocycles. The van der Waals surface area contributed by atoms with Crippen LogP contribution in [0, 0.1) is 0 Å². The van der Waals surface area contributed by atoms with Gasteiger partial charge in [-0.15, -0.1) is 0 Å². The minimum Gasteiger partial charge on any atom is -0.388 e. The van der Waals surface area contributed by atoms with Crippen LogP contribution >= 0.6 is 0 Å². The molecule has 3 nitrogen and oxygen atoms in total. The van der Waals surface area contributed by atoms with Crippen LogP contribution in [0.15, 0.2) is 18.2 Å². The topological polar surface area (TPSA) is 49.3 Å². The van der Waals surface area contributed by atoms with Crippen molar-refractivity contribution in [1.29, 1.82) is 0 Å². The second kappa shape index (κ2) is 3.42. The molecular weight excluding hydrogens is 178 g/mol. The van der Waals surface area contributed by atoms with E-state index in [1.54, 1.807) is 0 Å². The van der Waals surface area contributed by atoms with E-state index in [2.05, 4.69) is 5.32 Å². The third kappa shape index (κ3) is 1.51. The number of nitrogens with one attached hydrogen (secondary N) is 1. The first-order valence-electron chi connectivity index (χ1n) is 4.81. The van der Waals surface area contributed by atoms with Gasteiger partial charge in [0.1, 0.15) is 0 Å². The van der Waals surface area contributed by atoms with E-state index in [-0.39, 0.29) is 5.91 Å². The van der Waals surface area contributed by atoms with Gasteiger partial charge in [-0.05, 0) is 23.6 Å². The first-order valence-corrected chi connectivity index (χ1v) is 4.81. The van der Waals surface area contributed by atoms with Gasteiger partial charge >= 0.3 is 0 Å². The summed E-state index contributed by atoms with van der Waals surface area (Å²) in [6, 6.07) is 5.62. The molecule has 3 heteroatoms. The highest BCUT2D eigenvalue weighted by Gasteiger charge is 2.18. The molecule has 0 saturated heterocycles. The summed E-state index contributed by atoms with van der Waals surface area (Å²) in [5, 5.41) is 12.4. The van der Waals surface area contributed by atoms with Crippen LogP contribution in [0.3, 0.4) is 0 Å². The van der Waals surface area contributed by atoms with E-state index in [1.165, 1.54) is 0 Å². The fourth-order valence-corrected chi connectivity index (χ4v) is 1.69. The molecule has 1 atom stereocenters. The van der Waals surface area contributed by atoms with E-state index in [4.69, 9.17) is 0 Å². The summed E-state index contributed by atoms with van der Waals surface area (Å²) in [4.78, 5) is 11.1. The zero-order valence-corrected chi connectivity index (χ0v) is 8.08. The molecule has 0 bridgehead atoms. The van der Waals surface area contributed by atoms with E-state index < -0.39 is 6.10 Å². The molecule has 1 amide bonds. The van der Waals surface area contributed by atoms with Gasteiger partial charge in [0.15, 0.2) is 0 Å². The molecule has 0 spiro atoms. The third-order valence-electron chi connectivity index (χ3n) is 2.53. The first-order chi connectivity index (χ1) is 6.70. The van der Waals surface area contributed by atoms with Crippen LogP contribution in [0.25, 0.3) is 0 Å². The van der Waals surface area contributed by atoms with Crippen LogP contribution in [0.4, 0.5) is 5.69 Å². The molecule has 1 unspecified atom stereocenters. The Hall–Kier alpha value is -1.35. The van der Waals surface area contributed by atoms with Gasteiger partial charge in [-0.25, -0.2) is 0 Å². The van der Waals surface area contributed by atoms with Crippen molar-refractivity contribution in [3.05, 3.63) is 29.3 Å². The largest absolute Gasteiger partial charge is 0.388 e. The normalized spacial score (nSPS) is 16.3. The molecule has 1 aromatic carbocycles. The van der Waals surface area contributed by atoms with Crippen LogP contribution in [0.2, 0.25) is 0 Å². The zero-order chi connectivity index (χ0) is 10.1. The van der Waals surface area contributed by atoms with Crippen molar-refractivity contribution in [3.63, 3.8) is 0 Å². The summed E-state index contributed by atoms with van der Waals surface area (Å²) < 4.78 is 0. The first kappa shape index (κ1) is 9.21. The lowest BCUT2D eigenvalue weighted by Gasteiger charge is -2.09. The second-order valence-corrected chi connectivity index (χ2v) is 3.57. The molecule has 0 fully saturated rings. The smallest absolute Gasteiger partial charge is 0.228 e. The molecular formula is C11H13NO2. The Morgan fingerprint density at radius 2 is 2.36 bits per heavy atom. The molecule has 1 aromatic rings. The molecule has 0 aromatic heterocycles. The number of aliphatic hydroxyl groups excluding tert-OH is 1. The van der Waals surface area contributed by atoms with Gasteiger partial charge < -0.3 is 10.4 Å². The standard InChI is InChI=1S/C11H13NO2/c1-2-10(13)7-3-4-9-8(5-7)6-11(14)12-9/h3-5,10,13H,2,6H2,1H3,(H,12,14). The number of hydrogen-bond acceptors (Lipinski definition) is 2. The highest BCUT2D eigenvalue weighted by Crippen LogP contribution is 2.27. The summed E-state index contributed by atoms with van der Waals surface area (Å²) in [5.41, 5.74) is 2.75. The average Bonchev–Trinajstić information content (AvgIpc) is 2.55. The second-order valence-electron chi connectivity index (χ2n) is 3.57. The quantitative estimate of drug-likeness (QED) is 0.746. The lowest BCUT2D eigenvalue weighted by atomic mass is 10.0. The zero-order valence-electron chi connectivity index (χ0n) is 8.08. The number of anilines is 1. The Labute approximate surface area is 82.8 Å². The van der Waals surface area contributed by atoms with E-state index >= 15 is 0 Å². The summed E-state index contributed by atoms with van der Waals surface area (Å²) in [6.45, 7) is 1.93. The maximum absolute atomic E-state index is 11.1. The number of fused-ring (bicyclic) bond motifs is 1. The summed E-state index contributed by atoms with van der Waals surface area (Å²) in [6.07, 6.45) is 0.704. The van der Waals surface area contributed by atoms with Gasteiger partial charge in [-0.2, -0.15) is 0 Å². The molecule has 74 valence electrons.